The molecule has 0 bridgehead atoms. The van der Waals surface area contributed by atoms with E-state index in [0.29, 0.717) is 35.3 Å². The highest BCUT2D eigenvalue weighted by Crippen LogP contribution is 2.28. The number of aromatic amines is 1. The molecule has 4 rings (SSSR count). The molecule has 1 aromatic heterocycles. The summed E-state index contributed by atoms with van der Waals surface area (Å²) in [5.41, 5.74) is 4.99. The monoisotopic (exact) mass is 419 g/mol. The number of H-pyrrole nitrogens is 1. The van der Waals surface area contributed by atoms with Crippen LogP contribution in [-0.2, 0) is 13.0 Å². The van der Waals surface area contributed by atoms with Crippen molar-refractivity contribution in [3.8, 4) is 6.07 Å². The predicted molar refractivity (Wildman–Crippen MR) is 121 cm³/mol. The van der Waals surface area contributed by atoms with Crippen molar-refractivity contribution in [3.63, 3.8) is 0 Å². The van der Waals surface area contributed by atoms with Gasteiger partial charge in [0.2, 0.25) is 0 Å². The second-order valence-corrected chi connectivity index (χ2v) is 8.45. The van der Waals surface area contributed by atoms with Crippen molar-refractivity contribution in [2.24, 2.45) is 0 Å². The van der Waals surface area contributed by atoms with Crippen LogP contribution in [0.2, 0.25) is 5.02 Å². The van der Waals surface area contributed by atoms with Crippen molar-refractivity contribution in [2.45, 2.75) is 31.7 Å². The number of nitrogens with one attached hydrogen (secondary N) is 2. The number of halogens is 1. The first kappa shape index (κ1) is 20.5. The topological polar surface area (TPSA) is 67.7 Å². The fourth-order valence-electron chi connectivity index (χ4n) is 4.04. The van der Waals surface area contributed by atoms with E-state index in [4.69, 9.17) is 11.6 Å². The molecule has 5 nitrogen and oxygen atoms in total. The smallest absolute Gasteiger partial charge is 0.166 e. The van der Waals surface area contributed by atoms with Crippen LogP contribution in [0, 0.1) is 11.3 Å². The maximum absolute atomic E-state index is 9.64. The highest BCUT2D eigenvalue weighted by molar-refractivity contribution is 6.30. The van der Waals surface area contributed by atoms with Crippen molar-refractivity contribution in [3.05, 3.63) is 81.5 Å². The van der Waals surface area contributed by atoms with Crippen LogP contribution in [0.1, 0.15) is 46.7 Å². The minimum absolute atomic E-state index is 0.554. The Balaban J connectivity index is 1.39. The van der Waals surface area contributed by atoms with Crippen LogP contribution in [-0.4, -0.2) is 35.2 Å². The number of anilines is 1. The van der Waals surface area contributed by atoms with E-state index in [2.05, 4.69) is 57.8 Å². The highest BCUT2D eigenvalue weighted by Gasteiger charge is 2.18. The summed E-state index contributed by atoms with van der Waals surface area (Å²) in [4.78, 5) is 2.39. The van der Waals surface area contributed by atoms with E-state index in [1.54, 1.807) is 0 Å². The van der Waals surface area contributed by atoms with Crippen LogP contribution in [0.4, 0.5) is 5.82 Å². The zero-order valence-corrected chi connectivity index (χ0v) is 17.9. The third-order valence-corrected chi connectivity index (χ3v) is 6.09. The number of likely N-dealkylation sites (tertiary alicyclic amines) is 1. The Kier molecular flexibility index (Phi) is 6.37. The Bertz CT molecular complexity index is 1030. The molecule has 2 aromatic carbocycles. The lowest BCUT2D eigenvalue weighted by atomic mass is 9.89. The molecule has 6 heteroatoms. The fourth-order valence-corrected chi connectivity index (χ4v) is 4.25. The number of rotatable bonds is 6. The molecule has 0 aliphatic carbocycles. The highest BCUT2D eigenvalue weighted by atomic mass is 35.5. The Labute approximate surface area is 182 Å². The largest absolute Gasteiger partial charge is 0.363 e. The molecule has 30 heavy (non-hydrogen) atoms. The van der Waals surface area contributed by atoms with Crippen molar-refractivity contribution >= 4 is 17.4 Å². The average molecular weight is 420 g/mol. The van der Waals surface area contributed by atoms with E-state index >= 15 is 0 Å². The van der Waals surface area contributed by atoms with Crippen LogP contribution in [0.3, 0.4) is 0 Å². The normalized spacial score (nSPS) is 15.1. The number of benzene rings is 2. The maximum Gasteiger partial charge on any atom is 0.166 e. The molecule has 0 saturated carbocycles. The van der Waals surface area contributed by atoms with E-state index < -0.39 is 0 Å². The summed E-state index contributed by atoms with van der Waals surface area (Å²) in [7, 11) is 2.19. The summed E-state index contributed by atoms with van der Waals surface area (Å²) in [5, 5.41) is 21.0. The van der Waals surface area contributed by atoms with Crippen LogP contribution in [0.5, 0.6) is 0 Å². The second-order valence-electron chi connectivity index (χ2n) is 8.02. The van der Waals surface area contributed by atoms with Gasteiger partial charge < -0.3 is 10.2 Å². The molecule has 0 unspecified atom stereocenters. The zero-order valence-electron chi connectivity index (χ0n) is 17.2. The van der Waals surface area contributed by atoms with Gasteiger partial charge >= 0.3 is 0 Å². The molecule has 154 valence electrons. The third kappa shape index (κ3) is 4.84. The van der Waals surface area contributed by atoms with Gasteiger partial charge in [-0.15, -0.1) is 0 Å². The van der Waals surface area contributed by atoms with Crippen molar-refractivity contribution < 1.29 is 0 Å². The van der Waals surface area contributed by atoms with Gasteiger partial charge in [0.15, 0.2) is 5.82 Å². The molecular formula is C24H26ClN5. The number of nitrogens with zero attached hydrogens (tertiary/aromatic N) is 3. The number of nitriles is 1. The number of hydrogen-bond acceptors (Lipinski definition) is 4. The van der Waals surface area contributed by atoms with Crippen molar-refractivity contribution in [1.29, 1.82) is 5.26 Å². The summed E-state index contributed by atoms with van der Waals surface area (Å²) in [6.07, 6.45) is 3.04. The minimum Gasteiger partial charge on any atom is -0.363 e. The molecule has 0 amide bonds. The lowest BCUT2D eigenvalue weighted by Crippen LogP contribution is -2.29. The molecule has 0 radical (unpaired) electrons. The zero-order chi connectivity index (χ0) is 20.9. The number of piperidine rings is 1. The quantitative estimate of drug-likeness (QED) is 0.593. The fraction of sp³-hybridized carbons (Fsp3) is 0.333. The lowest BCUT2D eigenvalue weighted by Gasteiger charge is -2.29. The van der Waals surface area contributed by atoms with Gasteiger partial charge in [0.25, 0.3) is 0 Å². The third-order valence-electron chi connectivity index (χ3n) is 5.85. The van der Waals surface area contributed by atoms with E-state index in [1.807, 2.05) is 24.3 Å². The van der Waals surface area contributed by atoms with E-state index in [9.17, 15) is 5.26 Å². The molecule has 3 aromatic rings. The van der Waals surface area contributed by atoms with Gasteiger partial charge in [0, 0.05) is 18.0 Å². The van der Waals surface area contributed by atoms with Gasteiger partial charge in [-0.05, 0) is 67.7 Å². The first-order valence-electron chi connectivity index (χ1n) is 10.4. The van der Waals surface area contributed by atoms with Crippen molar-refractivity contribution in [1.82, 2.24) is 15.1 Å². The summed E-state index contributed by atoms with van der Waals surface area (Å²) in [6, 6.07) is 18.8. The summed E-state index contributed by atoms with van der Waals surface area (Å²) >= 11 is 6.07. The summed E-state index contributed by atoms with van der Waals surface area (Å²) in [6.45, 7) is 2.97. The molecule has 2 N–H and O–H groups in total. The molecule has 2 heterocycles. The predicted octanol–water partition coefficient (Wildman–Crippen LogP) is 4.95. The second kappa shape index (κ2) is 9.34. The molecular weight excluding hydrogens is 394 g/mol. The lowest BCUT2D eigenvalue weighted by molar-refractivity contribution is 0.255. The summed E-state index contributed by atoms with van der Waals surface area (Å²) in [5.74, 6) is 1.25. The van der Waals surface area contributed by atoms with Crippen LogP contribution >= 0.6 is 11.6 Å². The molecule has 1 saturated heterocycles. The number of aromatic nitrogens is 2. The molecule has 1 aliphatic rings. The molecule has 0 spiro atoms. The van der Waals surface area contributed by atoms with Gasteiger partial charge in [0.05, 0.1) is 5.69 Å². The number of hydrogen-bond donors (Lipinski definition) is 2. The van der Waals surface area contributed by atoms with Crippen LogP contribution in [0.15, 0.2) is 48.5 Å². The van der Waals surface area contributed by atoms with E-state index in [-0.39, 0.29) is 0 Å². The Morgan fingerprint density at radius 1 is 1.17 bits per heavy atom. The van der Waals surface area contributed by atoms with Gasteiger partial charge in [-0.2, -0.15) is 10.4 Å². The van der Waals surface area contributed by atoms with E-state index in [1.165, 1.54) is 37.1 Å². The van der Waals surface area contributed by atoms with Gasteiger partial charge in [-0.25, -0.2) is 0 Å². The Morgan fingerprint density at radius 2 is 1.93 bits per heavy atom. The van der Waals surface area contributed by atoms with Crippen LogP contribution in [0.25, 0.3) is 0 Å². The molecule has 1 aliphatic heterocycles. The molecule has 1 fully saturated rings. The van der Waals surface area contributed by atoms with E-state index in [0.717, 1.165) is 11.3 Å². The standard InChI is InChI=1S/C24H26ClN5/c1-30-11-9-20(10-12-30)19-7-5-17(6-8-19)16-27-24-22(15-26)23(28-29-24)14-18-3-2-4-21(25)13-18/h2-8,13,20H,9-12,14,16H2,1H3,(H2,27,28,29). The first-order chi connectivity index (χ1) is 14.6. The average Bonchev–Trinajstić information content (AvgIpc) is 3.14. The minimum atomic E-state index is 0.554. The van der Waals surface area contributed by atoms with Crippen molar-refractivity contribution in [2.75, 3.05) is 25.5 Å². The Morgan fingerprint density at radius 3 is 2.63 bits per heavy atom. The van der Waals surface area contributed by atoms with Gasteiger partial charge in [-0.3, -0.25) is 5.10 Å². The first-order valence-corrected chi connectivity index (χ1v) is 10.7. The molecule has 0 atom stereocenters. The van der Waals surface area contributed by atoms with Gasteiger partial charge in [0.1, 0.15) is 11.6 Å². The summed E-state index contributed by atoms with van der Waals surface area (Å²) < 4.78 is 0. The van der Waals surface area contributed by atoms with Crippen LogP contribution < -0.4 is 5.32 Å². The SMILES string of the molecule is CN1CCC(c2ccc(CNc3n[nH]c(Cc4cccc(Cl)c4)c3C#N)cc2)CC1. The van der Waals surface area contributed by atoms with Gasteiger partial charge in [-0.1, -0.05) is 48.0 Å². The Hall–Kier alpha value is -2.81. The maximum atomic E-state index is 9.64.